The van der Waals surface area contributed by atoms with Gasteiger partial charge in [-0.1, -0.05) is 6.07 Å². The molecule has 0 unspecified atom stereocenters. The molecule has 0 atom stereocenters. The Bertz CT molecular complexity index is 763. The fourth-order valence-corrected chi connectivity index (χ4v) is 2.11. The molecule has 0 aliphatic heterocycles. The zero-order valence-electron chi connectivity index (χ0n) is 12.0. The first-order valence-corrected chi connectivity index (χ1v) is 6.32. The molecule has 1 heterocycles. The molecule has 0 fully saturated rings. The zero-order chi connectivity index (χ0) is 15.6. The van der Waals surface area contributed by atoms with Crippen LogP contribution in [0.5, 0.6) is 0 Å². The molecule has 2 aromatic rings. The van der Waals surface area contributed by atoms with Gasteiger partial charge in [-0.2, -0.15) is 5.26 Å². The number of aryl methyl sites for hydroxylation is 3. The number of nitrogens with one attached hydrogen (secondary N) is 1. The molecule has 6 heteroatoms. The van der Waals surface area contributed by atoms with E-state index in [4.69, 9.17) is 0 Å². The molecule has 1 aromatic carbocycles. The van der Waals surface area contributed by atoms with E-state index in [1.54, 1.807) is 32.0 Å². The average molecular weight is 282 g/mol. The molecule has 0 amide bonds. The van der Waals surface area contributed by atoms with E-state index >= 15 is 0 Å². The Kier molecular flexibility index (Phi) is 3.85. The van der Waals surface area contributed by atoms with Crippen molar-refractivity contribution < 1.29 is 4.92 Å². The molecular weight excluding hydrogens is 268 g/mol. The number of nitrogens with zero attached hydrogens (tertiary/aromatic N) is 3. The number of nitro benzene ring substituents is 1. The zero-order valence-corrected chi connectivity index (χ0v) is 12.0. The van der Waals surface area contributed by atoms with Gasteiger partial charge in [0.1, 0.15) is 6.07 Å². The predicted octanol–water partition coefficient (Wildman–Crippen LogP) is 3.53. The number of hydrogen-bond acceptors (Lipinski definition) is 5. The third-order valence-corrected chi connectivity index (χ3v) is 3.13. The van der Waals surface area contributed by atoms with E-state index in [2.05, 4.69) is 16.4 Å². The monoisotopic (exact) mass is 282 g/mol. The predicted molar refractivity (Wildman–Crippen MR) is 79.5 cm³/mol. The summed E-state index contributed by atoms with van der Waals surface area (Å²) in [4.78, 5) is 14.8. The summed E-state index contributed by atoms with van der Waals surface area (Å²) in [5.41, 5.74) is 3.63. The molecule has 0 spiro atoms. The number of hydrogen-bond donors (Lipinski definition) is 1. The Balaban J connectivity index is 2.46. The van der Waals surface area contributed by atoms with E-state index in [1.165, 1.54) is 6.07 Å². The van der Waals surface area contributed by atoms with Gasteiger partial charge in [0.2, 0.25) is 0 Å². The van der Waals surface area contributed by atoms with Crippen LogP contribution in [-0.2, 0) is 0 Å². The van der Waals surface area contributed by atoms with Crippen molar-refractivity contribution >= 4 is 17.1 Å². The molecule has 0 aliphatic carbocycles. The number of pyridine rings is 1. The topological polar surface area (TPSA) is 91.9 Å². The molecule has 1 N–H and O–H groups in total. The Labute approximate surface area is 122 Å². The van der Waals surface area contributed by atoms with Gasteiger partial charge in [-0.25, -0.2) is 0 Å². The molecular formula is C15H14N4O2. The summed E-state index contributed by atoms with van der Waals surface area (Å²) in [6.45, 7) is 5.27. The molecule has 2 rings (SSSR count). The second kappa shape index (κ2) is 5.59. The van der Waals surface area contributed by atoms with Crippen LogP contribution < -0.4 is 5.32 Å². The van der Waals surface area contributed by atoms with E-state index in [9.17, 15) is 15.4 Å². The lowest BCUT2D eigenvalue weighted by atomic mass is 10.1. The van der Waals surface area contributed by atoms with Gasteiger partial charge in [0.15, 0.2) is 0 Å². The van der Waals surface area contributed by atoms with Crippen LogP contribution in [0.3, 0.4) is 0 Å². The van der Waals surface area contributed by atoms with Crippen LogP contribution in [0.25, 0.3) is 0 Å². The SMILES string of the molecule is Cc1cc(Nc2ccc(C)c([N+](=O)[O-])c2)c(C#N)c(C)n1. The van der Waals surface area contributed by atoms with Crippen molar-refractivity contribution in [3.63, 3.8) is 0 Å². The molecule has 1 aromatic heterocycles. The highest BCUT2D eigenvalue weighted by molar-refractivity contribution is 5.69. The molecule has 0 saturated carbocycles. The minimum Gasteiger partial charge on any atom is -0.354 e. The van der Waals surface area contributed by atoms with Crippen molar-refractivity contribution in [3.05, 3.63) is 56.9 Å². The van der Waals surface area contributed by atoms with E-state index in [0.29, 0.717) is 28.2 Å². The summed E-state index contributed by atoms with van der Waals surface area (Å²) in [6.07, 6.45) is 0. The number of nitriles is 1. The number of benzene rings is 1. The molecule has 6 nitrogen and oxygen atoms in total. The van der Waals surface area contributed by atoms with Crippen molar-refractivity contribution in [3.8, 4) is 6.07 Å². The van der Waals surface area contributed by atoms with Gasteiger partial charge in [-0.05, 0) is 32.9 Å². The molecule has 21 heavy (non-hydrogen) atoms. The number of anilines is 2. The lowest BCUT2D eigenvalue weighted by molar-refractivity contribution is -0.385. The fraction of sp³-hybridized carbons (Fsp3) is 0.200. The summed E-state index contributed by atoms with van der Waals surface area (Å²) >= 11 is 0. The summed E-state index contributed by atoms with van der Waals surface area (Å²) in [6, 6.07) is 8.73. The molecule has 0 aliphatic rings. The van der Waals surface area contributed by atoms with Crippen molar-refractivity contribution in [1.82, 2.24) is 4.98 Å². The van der Waals surface area contributed by atoms with Gasteiger partial charge < -0.3 is 5.32 Å². The van der Waals surface area contributed by atoms with E-state index < -0.39 is 4.92 Å². The molecule has 0 saturated heterocycles. The lowest BCUT2D eigenvalue weighted by Gasteiger charge is -2.11. The highest BCUT2D eigenvalue weighted by Crippen LogP contribution is 2.27. The third-order valence-electron chi connectivity index (χ3n) is 3.13. The normalized spacial score (nSPS) is 10.0. The minimum absolute atomic E-state index is 0.0426. The first kappa shape index (κ1) is 14.5. The fourth-order valence-electron chi connectivity index (χ4n) is 2.11. The number of nitro groups is 1. The molecule has 0 bridgehead atoms. The van der Waals surface area contributed by atoms with Gasteiger partial charge >= 0.3 is 0 Å². The Morgan fingerprint density at radius 3 is 2.62 bits per heavy atom. The van der Waals surface area contributed by atoms with Crippen LogP contribution in [0.4, 0.5) is 17.1 Å². The smallest absolute Gasteiger partial charge is 0.274 e. The Hall–Kier alpha value is -2.94. The van der Waals surface area contributed by atoms with E-state index in [1.807, 2.05) is 6.92 Å². The van der Waals surface area contributed by atoms with Gasteiger partial charge in [0, 0.05) is 23.0 Å². The number of rotatable bonds is 3. The van der Waals surface area contributed by atoms with Crippen molar-refractivity contribution in [2.24, 2.45) is 0 Å². The first-order chi connectivity index (χ1) is 9.92. The molecule has 106 valence electrons. The maximum atomic E-state index is 11.0. The quantitative estimate of drug-likeness (QED) is 0.686. The van der Waals surface area contributed by atoms with E-state index in [-0.39, 0.29) is 5.69 Å². The minimum atomic E-state index is -0.422. The highest BCUT2D eigenvalue weighted by Gasteiger charge is 2.13. The summed E-state index contributed by atoms with van der Waals surface area (Å²) in [5, 5.41) is 23.3. The van der Waals surface area contributed by atoms with Gasteiger partial charge in [0.05, 0.1) is 21.9 Å². The van der Waals surface area contributed by atoms with Crippen LogP contribution in [0.15, 0.2) is 24.3 Å². The van der Waals surface area contributed by atoms with Crippen molar-refractivity contribution in [2.45, 2.75) is 20.8 Å². The molecule has 0 radical (unpaired) electrons. The van der Waals surface area contributed by atoms with Crippen molar-refractivity contribution in [1.29, 1.82) is 5.26 Å². The largest absolute Gasteiger partial charge is 0.354 e. The Morgan fingerprint density at radius 1 is 1.29 bits per heavy atom. The standard InChI is InChI=1S/C15H14N4O2/c1-9-4-5-12(7-15(9)19(20)21)18-14-6-10(2)17-11(3)13(14)8-16/h4-7H,1-3H3,(H,17,18). The summed E-state index contributed by atoms with van der Waals surface area (Å²) in [5.74, 6) is 0. The summed E-state index contributed by atoms with van der Waals surface area (Å²) < 4.78 is 0. The van der Waals surface area contributed by atoms with Gasteiger partial charge in [0.25, 0.3) is 5.69 Å². The average Bonchev–Trinajstić information content (AvgIpc) is 2.40. The van der Waals surface area contributed by atoms with Crippen LogP contribution in [0.1, 0.15) is 22.5 Å². The highest BCUT2D eigenvalue weighted by atomic mass is 16.6. The number of aromatic nitrogens is 1. The van der Waals surface area contributed by atoms with Gasteiger partial charge in [-0.3, -0.25) is 15.1 Å². The van der Waals surface area contributed by atoms with Crippen molar-refractivity contribution in [2.75, 3.05) is 5.32 Å². The Morgan fingerprint density at radius 2 is 2.00 bits per heavy atom. The van der Waals surface area contributed by atoms with Crippen LogP contribution in [0.2, 0.25) is 0 Å². The van der Waals surface area contributed by atoms with Crippen LogP contribution >= 0.6 is 0 Å². The lowest BCUT2D eigenvalue weighted by Crippen LogP contribution is -2.00. The third kappa shape index (κ3) is 2.98. The van der Waals surface area contributed by atoms with Crippen LogP contribution in [0, 0.1) is 42.2 Å². The van der Waals surface area contributed by atoms with Gasteiger partial charge in [-0.15, -0.1) is 0 Å². The maximum Gasteiger partial charge on any atom is 0.274 e. The van der Waals surface area contributed by atoms with E-state index in [0.717, 1.165) is 5.69 Å². The summed E-state index contributed by atoms with van der Waals surface area (Å²) in [7, 11) is 0. The maximum absolute atomic E-state index is 11.0. The first-order valence-electron chi connectivity index (χ1n) is 6.32. The van der Waals surface area contributed by atoms with Crippen LogP contribution in [-0.4, -0.2) is 9.91 Å². The second-order valence-corrected chi connectivity index (χ2v) is 4.77. The second-order valence-electron chi connectivity index (χ2n) is 4.77.